The van der Waals surface area contributed by atoms with Crippen molar-refractivity contribution in [2.24, 2.45) is 0 Å². The van der Waals surface area contributed by atoms with Gasteiger partial charge in [0.25, 0.3) is 0 Å². The van der Waals surface area contributed by atoms with E-state index in [1.165, 1.54) is 16.7 Å². The molecule has 0 aliphatic carbocycles. The van der Waals surface area contributed by atoms with Gasteiger partial charge in [0.2, 0.25) is 0 Å². The predicted molar refractivity (Wildman–Crippen MR) is 293 cm³/mol. The van der Waals surface area contributed by atoms with Gasteiger partial charge in [-0.2, -0.15) is 5.26 Å². The van der Waals surface area contributed by atoms with E-state index in [9.17, 15) is 10.1 Å². The predicted octanol–water partition coefficient (Wildman–Crippen LogP) is 16.3. The Balaban J connectivity index is 1.25. The fraction of sp³-hybridized carbons (Fsp3) is 0.188. The van der Waals surface area contributed by atoms with Crippen LogP contribution in [-0.4, -0.2) is 25.9 Å². The number of fused-ring (bicyclic) bond motifs is 8. The fourth-order valence-corrected chi connectivity index (χ4v) is 9.37. The second-order valence-corrected chi connectivity index (χ2v) is 21.6. The van der Waals surface area contributed by atoms with Crippen LogP contribution >= 0.6 is 0 Å². The highest BCUT2D eigenvalue weighted by molar-refractivity contribution is 6.00. The number of benzene rings is 5. The number of hydrogen-bond donors (Lipinski definition) is 2. The molecule has 10 rings (SSSR count). The van der Waals surface area contributed by atoms with E-state index in [1.807, 2.05) is 12.1 Å². The number of carbonyl (C=O) groups is 1. The molecule has 5 aromatic carbocycles. The van der Waals surface area contributed by atoms with Crippen LogP contribution in [0.1, 0.15) is 118 Å². The zero-order valence-electron chi connectivity index (χ0n) is 41.8. The molecule has 0 radical (unpaired) electrons. The Kier molecular flexibility index (Phi) is 11.7. The Morgan fingerprint density at radius 1 is 0.423 bits per heavy atom. The molecule has 8 bridgehead atoms. The maximum absolute atomic E-state index is 13.2. The zero-order chi connectivity index (χ0) is 49.8. The molecule has 0 spiro atoms. The molecule has 0 unspecified atom stereocenters. The van der Waals surface area contributed by atoms with E-state index in [4.69, 9.17) is 14.7 Å². The molecule has 8 aromatic rings. The Bertz CT molecular complexity index is 3580. The molecule has 71 heavy (non-hydrogen) atoms. The third kappa shape index (κ3) is 9.29. The highest BCUT2D eigenvalue weighted by atomic mass is 16.5. The van der Waals surface area contributed by atoms with Crippen molar-refractivity contribution >= 4 is 52.3 Å². The largest absolute Gasteiger partial charge is 0.423 e. The quantitative estimate of drug-likeness (QED) is 0.128. The first kappa shape index (κ1) is 46.4. The summed E-state index contributed by atoms with van der Waals surface area (Å²) in [5.74, 6) is -0.112. The summed E-state index contributed by atoms with van der Waals surface area (Å²) in [7, 11) is 0. The summed E-state index contributed by atoms with van der Waals surface area (Å²) in [5, 5.41) is 9.25. The first-order valence-electron chi connectivity index (χ1n) is 24.2. The van der Waals surface area contributed by atoms with Crippen LogP contribution in [0.2, 0.25) is 0 Å². The molecular formula is C64H57N5O2. The maximum Gasteiger partial charge on any atom is 0.343 e. The number of H-pyrrole nitrogens is 2. The van der Waals surface area contributed by atoms with Crippen molar-refractivity contribution in [3.63, 3.8) is 0 Å². The number of carbonyl (C=O) groups excluding carboxylic acids is 1. The van der Waals surface area contributed by atoms with Gasteiger partial charge in [0.15, 0.2) is 0 Å². The normalized spacial score (nSPS) is 12.5. The lowest BCUT2D eigenvalue weighted by atomic mass is 9.86. The molecule has 5 heterocycles. The van der Waals surface area contributed by atoms with Crippen molar-refractivity contribution in [2.45, 2.75) is 78.6 Å². The topological polar surface area (TPSA) is 107 Å². The van der Waals surface area contributed by atoms with Crippen molar-refractivity contribution in [3.8, 4) is 56.3 Å². The third-order valence-corrected chi connectivity index (χ3v) is 13.5. The van der Waals surface area contributed by atoms with E-state index in [-0.39, 0.29) is 16.2 Å². The minimum Gasteiger partial charge on any atom is -0.423 e. The number of ether oxygens (including phenoxy) is 1. The van der Waals surface area contributed by atoms with E-state index < -0.39 is 5.97 Å². The summed E-state index contributed by atoms with van der Waals surface area (Å²) < 4.78 is 5.83. The molecule has 0 fully saturated rings. The molecule has 0 atom stereocenters. The highest BCUT2D eigenvalue weighted by Gasteiger charge is 2.22. The van der Waals surface area contributed by atoms with E-state index in [2.05, 4.69) is 200 Å². The van der Waals surface area contributed by atoms with Gasteiger partial charge < -0.3 is 14.7 Å². The van der Waals surface area contributed by atoms with Gasteiger partial charge in [-0.1, -0.05) is 147 Å². The van der Waals surface area contributed by atoms with Crippen LogP contribution in [0.5, 0.6) is 5.75 Å². The summed E-state index contributed by atoms with van der Waals surface area (Å²) in [4.78, 5) is 32.0. The molecule has 0 saturated heterocycles. The minimum atomic E-state index is -0.506. The zero-order valence-corrected chi connectivity index (χ0v) is 41.8. The van der Waals surface area contributed by atoms with Crippen molar-refractivity contribution in [1.82, 2.24) is 19.9 Å². The number of rotatable bonds is 6. The summed E-state index contributed by atoms with van der Waals surface area (Å²) in [5.41, 5.74) is 19.3. The Morgan fingerprint density at radius 2 is 0.718 bits per heavy atom. The van der Waals surface area contributed by atoms with Gasteiger partial charge >= 0.3 is 5.97 Å². The van der Waals surface area contributed by atoms with Crippen molar-refractivity contribution in [3.05, 3.63) is 196 Å². The van der Waals surface area contributed by atoms with Gasteiger partial charge in [0.05, 0.1) is 40.0 Å². The molecule has 7 nitrogen and oxygen atoms in total. The number of esters is 1. The lowest BCUT2D eigenvalue weighted by Crippen LogP contribution is -2.10. The van der Waals surface area contributed by atoms with Gasteiger partial charge in [-0.3, -0.25) is 0 Å². The van der Waals surface area contributed by atoms with Gasteiger partial charge in [-0.05, 0) is 140 Å². The van der Waals surface area contributed by atoms with Crippen LogP contribution in [0.15, 0.2) is 146 Å². The Hall–Kier alpha value is -8.34. The molecule has 350 valence electrons. The molecule has 0 amide bonds. The average molecular weight is 928 g/mol. The second kappa shape index (κ2) is 17.9. The van der Waals surface area contributed by atoms with Gasteiger partial charge in [0.1, 0.15) is 5.75 Å². The summed E-state index contributed by atoms with van der Waals surface area (Å²) in [6.07, 6.45) is 8.47. The highest BCUT2D eigenvalue weighted by Crippen LogP contribution is 2.40. The Labute approximate surface area is 416 Å². The molecule has 2 aliphatic rings. The standard InChI is InChI=1S/C64H57N5O2/c1-62(2,3)45-22-14-40(15-23-45)57-49-30-32-51(66-49)58(41-16-24-46(25-17-41)63(4,5)6)53-34-36-55(68-53)60(43-20-28-48(29-21-43)71-61(70)44-12-10-39(38-65)11-13-44)56-37-35-54(69-56)59(52-33-31-50(57)67-52)42-18-26-47(27-19-42)64(7,8)9/h10-37,66,69H,1-9H3. The number of nitrogens with zero attached hydrogens (tertiary/aromatic N) is 3. The lowest BCUT2D eigenvalue weighted by molar-refractivity contribution is 0.0734. The smallest absolute Gasteiger partial charge is 0.343 e. The van der Waals surface area contributed by atoms with E-state index >= 15 is 0 Å². The van der Waals surface area contributed by atoms with Crippen LogP contribution in [0, 0.1) is 11.3 Å². The third-order valence-electron chi connectivity index (χ3n) is 13.5. The summed E-state index contributed by atoms with van der Waals surface area (Å²) in [6.45, 7) is 20.1. The molecule has 2 N–H and O–H groups in total. The summed E-state index contributed by atoms with van der Waals surface area (Å²) >= 11 is 0. The number of aromatic amines is 2. The van der Waals surface area contributed by atoms with Gasteiger partial charge in [-0.25, -0.2) is 14.8 Å². The van der Waals surface area contributed by atoms with Crippen LogP contribution < -0.4 is 4.74 Å². The van der Waals surface area contributed by atoms with E-state index in [0.29, 0.717) is 16.9 Å². The van der Waals surface area contributed by atoms with Crippen molar-refractivity contribution < 1.29 is 9.53 Å². The molecule has 2 aliphatic heterocycles. The monoisotopic (exact) mass is 927 g/mol. The van der Waals surface area contributed by atoms with Crippen LogP contribution in [0.25, 0.3) is 90.9 Å². The van der Waals surface area contributed by atoms with Crippen LogP contribution in [-0.2, 0) is 16.2 Å². The van der Waals surface area contributed by atoms with E-state index in [1.54, 1.807) is 36.4 Å². The number of nitrogens with one attached hydrogen (secondary N) is 2. The van der Waals surface area contributed by atoms with Crippen LogP contribution in [0.3, 0.4) is 0 Å². The first-order valence-corrected chi connectivity index (χ1v) is 24.2. The first-order chi connectivity index (χ1) is 33.9. The Morgan fingerprint density at radius 3 is 1.00 bits per heavy atom. The number of aromatic nitrogens is 4. The number of hydrogen-bond acceptors (Lipinski definition) is 5. The lowest BCUT2D eigenvalue weighted by Gasteiger charge is -2.19. The average Bonchev–Trinajstić information content (AvgIpc) is 4.20. The summed E-state index contributed by atoms with van der Waals surface area (Å²) in [6, 6.07) is 51.2. The van der Waals surface area contributed by atoms with E-state index in [0.717, 1.165) is 89.4 Å². The van der Waals surface area contributed by atoms with Crippen LogP contribution in [0.4, 0.5) is 0 Å². The maximum atomic E-state index is 13.2. The van der Waals surface area contributed by atoms with Gasteiger partial charge in [0, 0.05) is 44.3 Å². The minimum absolute atomic E-state index is 0.00228. The fourth-order valence-electron chi connectivity index (χ4n) is 9.37. The van der Waals surface area contributed by atoms with Gasteiger partial charge in [-0.15, -0.1) is 0 Å². The second-order valence-electron chi connectivity index (χ2n) is 21.6. The number of nitriles is 1. The molecule has 0 saturated carbocycles. The molecule has 3 aromatic heterocycles. The van der Waals surface area contributed by atoms with Crippen molar-refractivity contribution in [1.29, 1.82) is 5.26 Å². The van der Waals surface area contributed by atoms with Crippen molar-refractivity contribution in [2.75, 3.05) is 0 Å². The molecule has 7 heteroatoms. The SMILES string of the molecule is CC(C)(C)c1ccc(-c2c3nc(c(-c4ccc(C(C)(C)C)cc4)c4ccc([nH]4)c(-c4ccc(C(C)(C)C)cc4)c4nc(c(-c5ccc(OC(=O)c6ccc(C#N)cc6)cc5)c5ccc2[nH]5)C=C4)C=C3)cc1. The molecular weight excluding hydrogens is 871 g/mol.